The number of anilines is 1. The highest BCUT2D eigenvalue weighted by molar-refractivity contribution is 7.80. The molecule has 112 valence electrons. The molecule has 0 amide bonds. The van der Waals surface area contributed by atoms with E-state index in [-0.39, 0.29) is 10.7 Å². The van der Waals surface area contributed by atoms with Crippen molar-refractivity contribution in [1.82, 2.24) is 0 Å². The Hall–Kier alpha value is -1.57. The molecule has 0 heterocycles. The zero-order chi connectivity index (χ0) is 15.6. The minimum Gasteiger partial charge on any atom is -0.289 e. The summed E-state index contributed by atoms with van der Waals surface area (Å²) in [6, 6.07) is 9.21. The zero-order valence-electron chi connectivity index (χ0n) is 10.3. The van der Waals surface area contributed by atoms with Gasteiger partial charge in [-0.2, -0.15) is 13.2 Å². The van der Waals surface area contributed by atoms with Crippen LogP contribution in [0.3, 0.4) is 0 Å². The van der Waals surface area contributed by atoms with Crippen molar-refractivity contribution in [2.75, 3.05) is 4.72 Å². The third kappa shape index (κ3) is 3.96. The second kappa shape index (κ2) is 6.05. The topological polar surface area (TPSA) is 49.3 Å². The summed E-state index contributed by atoms with van der Waals surface area (Å²) in [5, 5.41) is 0.190. The maximum atomic E-state index is 12.5. The molecule has 0 aliphatic carbocycles. The summed E-state index contributed by atoms with van der Waals surface area (Å²) in [6.45, 7) is 0. The molecule has 0 saturated heterocycles. The van der Waals surface area contributed by atoms with Gasteiger partial charge in [0, 0.05) is 0 Å². The van der Waals surface area contributed by atoms with E-state index in [0.717, 1.165) is 12.1 Å². The molecule has 0 spiro atoms. The molecule has 21 heavy (non-hydrogen) atoms. The van der Waals surface area contributed by atoms with Gasteiger partial charge in [-0.3, -0.25) is 9.27 Å². The number of nitrogens with one attached hydrogen (secondary N) is 1. The molecule has 2 aromatic carbocycles. The Kier molecular flexibility index (Phi) is 4.55. The fraction of sp³-hybridized carbons (Fsp3) is 0.0769. The molecule has 0 bridgehead atoms. The van der Waals surface area contributed by atoms with Gasteiger partial charge in [0.05, 0.1) is 16.3 Å². The van der Waals surface area contributed by atoms with Gasteiger partial charge in [-0.05, 0) is 35.4 Å². The number of benzene rings is 2. The van der Waals surface area contributed by atoms with Crippen LogP contribution in [0.1, 0.15) is 5.56 Å². The van der Waals surface area contributed by atoms with Gasteiger partial charge in [-0.25, -0.2) is 4.21 Å². The monoisotopic (exact) mass is 335 g/mol. The Morgan fingerprint density at radius 1 is 1.05 bits per heavy atom. The third-order valence-corrected chi connectivity index (χ3v) is 3.42. The standard InChI is InChI=1S/C13H9ClF3NO2S/c14-11-7-9(3-6-12(11)18-21(19)20)8-1-4-10(5-2-8)13(15,16)17/h1-7,18H,(H,19,20). The van der Waals surface area contributed by atoms with Crippen LogP contribution in [0.4, 0.5) is 18.9 Å². The largest absolute Gasteiger partial charge is 0.416 e. The summed E-state index contributed by atoms with van der Waals surface area (Å²) >= 11 is 3.69. The van der Waals surface area contributed by atoms with Gasteiger partial charge in [0.1, 0.15) is 0 Å². The highest BCUT2D eigenvalue weighted by Gasteiger charge is 2.29. The number of halogens is 4. The van der Waals surface area contributed by atoms with E-state index in [4.69, 9.17) is 16.2 Å². The van der Waals surface area contributed by atoms with Gasteiger partial charge in [-0.15, -0.1) is 0 Å². The predicted molar refractivity (Wildman–Crippen MR) is 76.3 cm³/mol. The summed E-state index contributed by atoms with van der Waals surface area (Å²) < 4.78 is 59.0. The Morgan fingerprint density at radius 3 is 2.10 bits per heavy atom. The molecule has 2 N–H and O–H groups in total. The second-order valence-electron chi connectivity index (χ2n) is 4.12. The first-order valence-corrected chi connectivity index (χ1v) is 7.10. The smallest absolute Gasteiger partial charge is 0.289 e. The molecule has 2 aromatic rings. The second-order valence-corrected chi connectivity index (χ2v) is 5.23. The molecule has 0 aromatic heterocycles. The average Bonchev–Trinajstić information content (AvgIpc) is 2.40. The predicted octanol–water partition coefficient (Wildman–Crippen LogP) is 4.57. The number of hydrogen-bond acceptors (Lipinski definition) is 1. The van der Waals surface area contributed by atoms with E-state index >= 15 is 0 Å². The third-order valence-electron chi connectivity index (χ3n) is 2.71. The fourth-order valence-corrected chi connectivity index (χ4v) is 2.37. The average molecular weight is 336 g/mol. The first-order valence-electron chi connectivity index (χ1n) is 5.62. The molecule has 3 nitrogen and oxygen atoms in total. The lowest BCUT2D eigenvalue weighted by Gasteiger charge is -2.09. The van der Waals surface area contributed by atoms with E-state index < -0.39 is 23.0 Å². The lowest BCUT2D eigenvalue weighted by atomic mass is 10.0. The molecule has 0 fully saturated rings. The van der Waals surface area contributed by atoms with Crippen LogP contribution >= 0.6 is 11.6 Å². The van der Waals surface area contributed by atoms with E-state index in [2.05, 4.69) is 4.72 Å². The normalized spacial score (nSPS) is 13.0. The van der Waals surface area contributed by atoms with E-state index in [9.17, 15) is 17.4 Å². The lowest BCUT2D eigenvalue weighted by Crippen LogP contribution is -2.04. The Bertz CT molecular complexity index is 674. The summed E-state index contributed by atoms with van der Waals surface area (Å²) in [5.74, 6) is 0. The summed E-state index contributed by atoms with van der Waals surface area (Å²) in [6.07, 6.45) is -4.38. The molecular weight excluding hydrogens is 327 g/mol. The lowest BCUT2D eigenvalue weighted by molar-refractivity contribution is -0.137. The summed E-state index contributed by atoms with van der Waals surface area (Å²) in [7, 11) is 0. The molecule has 2 rings (SSSR count). The van der Waals surface area contributed by atoms with Crippen LogP contribution < -0.4 is 4.72 Å². The first-order chi connectivity index (χ1) is 9.77. The molecule has 0 radical (unpaired) electrons. The minimum absolute atomic E-state index is 0.190. The van der Waals surface area contributed by atoms with E-state index in [1.807, 2.05) is 0 Å². The molecule has 1 unspecified atom stereocenters. The van der Waals surface area contributed by atoms with Crippen molar-refractivity contribution in [3.63, 3.8) is 0 Å². The minimum atomic E-state index is -4.38. The SMILES string of the molecule is O=S(O)Nc1ccc(-c2ccc(C(F)(F)F)cc2)cc1Cl. The number of hydrogen-bond donors (Lipinski definition) is 2. The van der Waals surface area contributed by atoms with Gasteiger partial charge < -0.3 is 0 Å². The Labute approximate surface area is 126 Å². The van der Waals surface area contributed by atoms with Crippen molar-refractivity contribution < 1.29 is 21.9 Å². The van der Waals surface area contributed by atoms with Crippen molar-refractivity contribution in [1.29, 1.82) is 0 Å². The van der Waals surface area contributed by atoms with Gasteiger partial charge in [0.25, 0.3) is 11.3 Å². The van der Waals surface area contributed by atoms with E-state index in [1.165, 1.54) is 24.3 Å². The highest BCUT2D eigenvalue weighted by atomic mass is 35.5. The molecule has 0 aliphatic rings. The van der Waals surface area contributed by atoms with Crippen molar-refractivity contribution in [2.45, 2.75) is 6.18 Å². The van der Waals surface area contributed by atoms with Crippen molar-refractivity contribution in [2.24, 2.45) is 0 Å². The van der Waals surface area contributed by atoms with Gasteiger partial charge in [0.15, 0.2) is 0 Å². The zero-order valence-corrected chi connectivity index (χ0v) is 11.9. The van der Waals surface area contributed by atoms with Crippen molar-refractivity contribution in [3.8, 4) is 11.1 Å². The number of rotatable bonds is 3. The van der Waals surface area contributed by atoms with Gasteiger partial charge >= 0.3 is 6.18 Å². The molecule has 1 atom stereocenters. The van der Waals surface area contributed by atoms with Crippen molar-refractivity contribution >= 4 is 28.6 Å². The molecule has 0 saturated carbocycles. The van der Waals surface area contributed by atoms with Crippen LogP contribution in [0.15, 0.2) is 42.5 Å². The molecule has 8 heteroatoms. The maximum absolute atomic E-state index is 12.5. The van der Waals surface area contributed by atoms with Crippen LogP contribution in [-0.2, 0) is 17.4 Å². The van der Waals surface area contributed by atoms with Crippen LogP contribution in [0, 0.1) is 0 Å². The van der Waals surface area contributed by atoms with Gasteiger partial charge in [-0.1, -0.05) is 29.8 Å². The quantitative estimate of drug-likeness (QED) is 0.807. The van der Waals surface area contributed by atoms with E-state index in [1.54, 1.807) is 6.07 Å². The Balaban J connectivity index is 2.30. The van der Waals surface area contributed by atoms with Crippen LogP contribution in [-0.4, -0.2) is 8.76 Å². The van der Waals surface area contributed by atoms with Crippen LogP contribution in [0.5, 0.6) is 0 Å². The molecule has 0 aliphatic heterocycles. The van der Waals surface area contributed by atoms with Crippen molar-refractivity contribution in [3.05, 3.63) is 53.1 Å². The first kappa shape index (κ1) is 15.8. The highest BCUT2D eigenvalue weighted by Crippen LogP contribution is 2.33. The van der Waals surface area contributed by atoms with Crippen LogP contribution in [0.25, 0.3) is 11.1 Å². The van der Waals surface area contributed by atoms with Gasteiger partial charge in [0.2, 0.25) is 0 Å². The molecular formula is C13H9ClF3NO2S. The Morgan fingerprint density at radius 2 is 1.62 bits per heavy atom. The number of alkyl halides is 3. The van der Waals surface area contributed by atoms with E-state index in [0.29, 0.717) is 11.1 Å². The maximum Gasteiger partial charge on any atom is 0.416 e. The summed E-state index contributed by atoms with van der Waals surface area (Å²) in [4.78, 5) is 0. The summed E-state index contributed by atoms with van der Waals surface area (Å²) in [5.41, 5.74) is 0.684. The fourth-order valence-electron chi connectivity index (χ4n) is 1.72. The van der Waals surface area contributed by atoms with Crippen LogP contribution in [0.2, 0.25) is 5.02 Å².